The molecular weight excluding hydrogens is 314 g/mol. The van der Waals surface area contributed by atoms with Gasteiger partial charge in [0.1, 0.15) is 6.04 Å². The Bertz CT molecular complexity index is 815. The maximum Gasteiger partial charge on any atom is 0.326 e. The standard InChI is InChI=1S/C21H21NO3/c23-20-12-11-15-9-10-16(14-5-2-1-3-6-14)13-17(15)18-7-4-8-19(21(24)25)22(18)20/h1-3,5-6,9-10,13,18-19H,4,7-8,11-12H2,(H,24,25). The number of rotatable bonds is 2. The molecule has 0 bridgehead atoms. The van der Waals surface area contributed by atoms with E-state index in [0.29, 0.717) is 19.3 Å². The van der Waals surface area contributed by atoms with E-state index in [4.69, 9.17) is 0 Å². The van der Waals surface area contributed by atoms with Gasteiger partial charge in [-0.05, 0) is 54.0 Å². The molecule has 1 saturated heterocycles. The lowest BCUT2D eigenvalue weighted by Crippen LogP contribution is -2.49. The van der Waals surface area contributed by atoms with Crippen LogP contribution in [0.5, 0.6) is 0 Å². The van der Waals surface area contributed by atoms with Crippen LogP contribution in [0.2, 0.25) is 0 Å². The van der Waals surface area contributed by atoms with E-state index in [2.05, 4.69) is 30.3 Å². The summed E-state index contributed by atoms with van der Waals surface area (Å²) in [5, 5.41) is 9.57. The molecule has 0 radical (unpaired) electrons. The van der Waals surface area contributed by atoms with E-state index in [1.165, 1.54) is 5.56 Å². The van der Waals surface area contributed by atoms with E-state index in [1.54, 1.807) is 4.90 Å². The number of aryl methyl sites for hydroxylation is 1. The molecule has 2 aliphatic rings. The van der Waals surface area contributed by atoms with Crippen molar-refractivity contribution in [2.75, 3.05) is 0 Å². The molecule has 4 rings (SSSR count). The number of carbonyl (C=O) groups excluding carboxylic acids is 1. The van der Waals surface area contributed by atoms with Crippen molar-refractivity contribution in [2.45, 2.75) is 44.2 Å². The predicted molar refractivity (Wildman–Crippen MR) is 95.1 cm³/mol. The van der Waals surface area contributed by atoms with Gasteiger partial charge in [0.15, 0.2) is 0 Å². The maximum atomic E-state index is 12.6. The molecule has 25 heavy (non-hydrogen) atoms. The van der Waals surface area contributed by atoms with Crippen LogP contribution in [0.1, 0.15) is 42.9 Å². The number of carbonyl (C=O) groups is 2. The Kier molecular flexibility index (Phi) is 4.04. The lowest BCUT2D eigenvalue weighted by atomic mass is 9.87. The lowest BCUT2D eigenvalue weighted by molar-refractivity contribution is -0.155. The molecule has 2 aromatic rings. The number of hydrogen-bond donors (Lipinski definition) is 1. The van der Waals surface area contributed by atoms with Gasteiger partial charge in [0, 0.05) is 6.42 Å². The van der Waals surface area contributed by atoms with Crippen LogP contribution in [0.4, 0.5) is 0 Å². The minimum absolute atomic E-state index is 0.0328. The molecule has 0 aromatic heterocycles. The van der Waals surface area contributed by atoms with E-state index in [9.17, 15) is 14.7 Å². The van der Waals surface area contributed by atoms with Crippen molar-refractivity contribution in [1.29, 1.82) is 0 Å². The molecule has 2 atom stereocenters. The molecule has 2 heterocycles. The smallest absolute Gasteiger partial charge is 0.326 e. The van der Waals surface area contributed by atoms with Crippen molar-refractivity contribution >= 4 is 11.9 Å². The van der Waals surface area contributed by atoms with Crippen LogP contribution in [0, 0.1) is 0 Å². The van der Waals surface area contributed by atoms with Crippen LogP contribution < -0.4 is 0 Å². The van der Waals surface area contributed by atoms with Crippen molar-refractivity contribution in [3.05, 3.63) is 59.7 Å². The van der Waals surface area contributed by atoms with Crippen LogP contribution in [-0.2, 0) is 16.0 Å². The van der Waals surface area contributed by atoms with Crippen molar-refractivity contribution in [2.24, 2.45) is 0 Å². The molecule has 1 fully saturated rings. The highest BCUT2D eigenvalue weighted by molar-refractivity contribution is 5.85. The third kappa shape index (κ3) is 2.82. The number of fused-ring (bicyclic) bond motifs is 3. The van der Waals surface area contributed by atoms with Crippen LogP contribution in [-0.4, -0.2) is 27.9 Å². The Balaban J connectivity index is 1.80. The fraction of sp³-hybridized carbons (Fsp3) is 0.333. The number of carboxylic acid groups (broad SMARTS) is 1. The predicted octanol–water partition coefficient (Wildman–Crippen LogP) is 3.81. The zero-order valence-corrected chi connectivity index (χ0v) is 14.0. The summed E-state index contributed by atoms with van der Waals surface area (Å²) in [4.78, 5) is 26.0. The van der Waals surface area contributed by atoms with Crippen molar-refractivity contribution in [3.8, 4) is 11.1 Å². The quantitative estimate of drug-likeness (QED) is 0.908. The van der Waals surface area contributed by atoms with Gasteiger partial charge in [0.2, 0.25) is 5.91 Å². The Morgan fingerprint density at radius 1 is 1.00 bits per heavy atom. The van der Waals surface area contributed by atoms with Gasteiger partial charge in [-0.15, -0.1) is 0 Å². The van der Waals surface area contributed by atoms with Gasteiger partial charge in [-0.25, -0.2) is 4.79 Å². The molecule has 128 valence electrons. The molecule has 1 amide bonds. The van der Waals surface area contributed by atoms with Crippen LogP contribution in [0.3, 0.4) is 0 Å². The fourth-order valence-corrected chi connectivity index (χ4v) is 4.21. The summed E-state index contributed by atoms with van der Waals surface area (Å²) in [6.45, 7) is 0. The third-order valence-electron chi connectivity index (χ3n) is 5.42. The van der Waals surface area contributed by atoms with Crippen LogP contribution in [0.15, 0.2) is 48.5 Å². The molecule has 4 nitrogen and oxygen atoms in total. The van der Waals surface area contributed by atoms with Gasteiger partial charge >= 0.3 is 5.97 Å². The first-order valence-corrected chi connectivity index (χ1v) is 8.87. The number of nitrogens with zero attached hydrogens (tertiary/aromatic N) is 1. The van der Waals surface area contributed by atoms with Crippen LogP contribution >= 0.6 is 0 Å². The lowest BCUT2D eigenvalue weighted by Gasteiger charge is -2.40. The van der Waals surface area contributed by atoms with Crippen molar-refractivity contribution in [1.82, 2.24) is 4.90 Å². The topological polar surface area (TPSA) is 57.6 Å². The van der Waals surface area contributed by atoms with Gasteiger partial charge in [-0.2, -0.15) is 0 Å². The van der Waals surface area contributed by atoms with Crippen molar-refractivity contribution in [3.63, 3.8) is 0 Å². The fourth-order valence-electron chi connectivity index (χ4n) is 4.21. The molecule has 2 aliphatic heterocycles. The Labute approximate surface area is 147 Å². The summed E-state index contributed by atoms with van der Waals surface area (Å²) in [6, 6.07) is 15.7. The monoisotopic (exact) mass is 335 g/mol. The first-order valence-electron chi connectivity index (χ1n) is 8.87. The minimum atomic E-state index is -0.888. The van der Waals surface area contributed by atoms with E-state index < -0.39 is 12.0 Å². The number of amides is 1. The second-order valence-corrected chi connectivity index (χ2v) is 6.88. The van der Waals surface area contributed by atoms with E-state index >= 15 is 0 Å². The summed E-state index contributed by atoms with van der Waals surface area (Å²) in [5.41, 5.74) is 4.55. The minimum Gasteiger partial charge on any atom is -0.480 e. The molecule has 2 aromatic carbocycles. The van der Waals surface area contributed by atoms with E-state index in [1.807, 2.05) is 18.2 Å². The molecule has 0 spiro atoms. The third-order valence-corrected chi connectivity index (χ3v) is 5.42. The second kappa shape index (κ2) is 6.36. The van der Waals surface area contributed by atoms with Gasteiger partial charge in [-0.1, -0.05) is 42.5 Å². The zero-order chi connectivity index (χ0) is 17.4. The Morgan fingerprint density at radius 3 is 2.56 bits per heavy atom. The van der Waals surface area contributed by atoms with E-state index in [0.717, 1.165) is 29.5 Å². The van der Waals surface area contributed by atoms with Gasteiger partial charge < -0.3 is 10.0 Å². The number of piperidine rings is 1. The van der Waals surface area contributed by atoms with Crippen LogP contribution in [0.25, 0.3) is 11.1 Å². The highest BCUT2D eigenvalue weighted by atomic mass is 16.4. The molecule has 0 aliphatic carbocycles. The number of benzene rings is 2. The highest BCUT2D eigenvalue weighted by Gasteiger charge is 2.40. The Morgan fingerprint density at radius 2 is 1.80 bits per heavy atom. The van der Waals surface area contributed by atoms with Crippen molar-refractivity contribution < 1.29 is 14.7 Å². The highest BCUT2D eigenvalue weighted by Crippen LogP contribution is 2.40. The first-order chi connectivity index (χ1) is 12.1. The molecule has 1 N–H and O–H groups in total. The summed E-state index contributed by atoms with van der Waals surface area (Å²) in [5.74, 6) is -0.921. The molecule has 4 heteroatoms. The zero-order valence-electron chi connectivity index (χ0n) is 14.0. The molecular formula is C21H21NO3. The summed E-state index contributed by atoms with van der Waals surface area (Å²) in [7, 11) is 0. The number of hydrogen-bond acceptors (Lipinski definition) is 2. The average Bonchev–Trinajstić information content (AvgIpc) is 2.79. The summed E-state index contributed by atoms with van der Waals surface area (Å²) < 4.78 is 0. The number of aliphatic carboxylic acids is 1. The molecule has 0 saturated carbocycles. The van der Waals surface area contributed by atoms with Gasteiger partial charge in [0.25, 0.3) is 0 Å². The number of carboxylic acids is 1. The molecule has 2 unspecified atom stereocenters. The first kappa shape index (κ1) is 15.9. The summed E-state index contributed by atoms with van der Waals surface area (Å²) >= 11 is 0. The average molecular weight is 335 g/mol. The van der Waals surface area contributed by atoms with Gasteiger partial charge in [0.05, 0.1) is 6.04 Å². The second-order valence-electron chi connectivity index (χ2n) is 6.88. The van der Waals surface area contributed by atoms with Gasteiger partial charge in [-0.3, -0.25) is 4.79 Å². The summed E-state index contributed by atoms with van der Waals surface area (Å²) in [6.07, 6.45) is 3.28. The Hall–Kier alpha value is -2.62. The SMILES string of the molecule is O=C(O)C1CCCC2c3cc(-c4ccccc4)ccc3CCC(=O)N12. The normalized spacial score (nSPS) is 22.7. The largest absolute Gasteiger partial charge is 0.480 e. The maximum absolute atomic E-state index is 12.6. The van der Waals surface area contributed by atoms with E-state index in [-0.39, 0.29) is 11.9 Å².